The van der Waals surface area contributed by atoms with Crippen molar-refractivity contribution in [2.75, 3.05) is 20.1 Å². The van der Waals surface area contributed by atoms with Gasteiger partial charge in [0.25, 0.3) is 0 Å². The van der Waals surface area contributed by atoms with Crippen molar-refractivity contribution in [3.8, 4) is 0 Å². The van der Waals surface area contributed by atoms with Crippen molar-refractivity contribution >= 4 is 5.91 Å². The smallest absolute Gasteiger partial charge is 0.227 e. The lowest BCUT2D eigenvalue weighted by Crippen LogP contribution is -2.54. The summed E-state index contributed by atoms with van der Waals surface area (Å²) in [7, 11) is 1.94. The van der Waals surface area contributed by atoms with Crippen LogP contribution in [0, 0.1) is 5.92 Å². The number of hydrogen-bond acceptors (Lipinski definition) is 3. The molecule has 4 heteroatoms. The second-order valence-electron chi connectivity index (χ2n) is 5.90. The number of nitrogens with two attached hydrogens (primary N) is 1. The van der Waals surface area contributed by atoms with Crippen LogP contribution in [0.3, 0.4) is 0 Å². The molecule has 2 fully saturated rings. The normalized spacial score (nSPS) is 38.1. The Labute approximate surface area is 104 Å². The van der Waals surface area contributed by atoms with Crippen LogP contribution >= 0.6 is 0 Å². The van der Waals surface area contributed by atoms with Gasteiger partial charge in [-0.15, -0.1) is 0 Å². The minimum atomic E-state index is -0.310. The molecule has 2 aliphatic rings. The molecule has 1 aliphatic heterocycles. The van der Waals surface area contributed by atoms with Gasteiger partial charge in [0, 0.05) is 25.2 Å². The first kappa shape index (κ1) is 12.8. The molecule has 1 heterocycles. The quantitative estimate of drug-likeness (QED) is 0.746. The molecule has 1 amide bonds. The number of carbonyl (C=O) groups excluding carboxylic acids is 1. The van der Waals surface area contributed by atoms with E-state index in [1.54, 1.807) is 0 Å². The highest BCUT2D eigenvalue weighted by Gasteiger charge is 2.40. The molecule has 3 unspecified atom stereocenters. The number of amides is 1. The van der Waals surface area contributed by atoms with Crippen molar-refractivity contribution in [1.29, 1.82) is 0 Å². The number of nitrogens with zero attached hydrogens (tertiary/aromatic N) is 1. The average molecular weight is 239 g/mol. The van der Waals surface area contributed by atoms with E-state index < -0.39 is 0 Å². The van der Waals surface area contributed by atoms with E-state index in [0.717, 1.165) is 45.2 Å². The van der Waals surface area contributed by atoms with Gasteiger partial charge in [0.15, 0.2) is 0 Å². The van der Waals surface area contributed by atoms with Crippen LogP contribution in [-0.2, 0) is 4.79 Å². The van der Waals surface area contributed by atoms with Crippen molar-refractivity contribution in [3.05, 3.63) is 0 Å². The van der Waals surface area contributed by atoms with Gasteiger partial charge in [0.2, 0.25) is 5.91 Å². The molecule has 2 rings (SSSR count). The fourth-order valence-corrected chi connectivity index (χ4v) is 3.16. The van der Waals surface area contributed by atoms with Gasteiger partial charge in [0.05, 0.1) is 5.92 Å². The topological polar surface area (TPSA) is 58.4 Å². The highest BCUT2D eigenvalue weighted by molar-refractivity contribution is 5.80. The van der Waals surface area contributed by atoms with E-state index in [2.05, 4.69) is 5.32 Å². The number of carbonyl (C=O) groups is 1. The molecule has 1 aliphatic carbocycles. The Balaban J connectivity index is 2.02. The van der Waals surface area contributed by atoms with Gasteiger partial charge in [-0.3, -0.25) is 4.79 Å². The Morgan fingerprint density at radius 3 is 2.76 bits per heavy atom. The van der Waals surface area contributed by atoms with Crippen molar-refractivity contribution in [2.45, 2.75) is 50.6 Å². The molecule has 0 bridgehead atoms. The van der Waals surface area contributed by atoms with Crippen LogP contribution in [0.4, 0.5) is 0 Å². The first-order chi connectivity index (χ1) is 8.02. The summed E-state index contributed by atoms with van der Waals surface area (Å²) in [4.78, 5) is 14.5. The molecule has 3 atom stereocenters. The molecule has 0 aromatic rings. The molecule has 1 saturated carbocycles. The van der Waals surface area contributed by atoms with E-state index in [1.165, 1.54) is 0 Å². The van der Waals surface area contributed by atoms with E-state index in [-0.39, 0.29) is 17.4 Å². The molecule has 4 nitrogen and oxygen atoms in total. The van der Waals surface area contributed by atoms with Crippen molar-refractivity contribution in [1.82, 2.24) is 10.2 Å². The third-order valence-electron chi connectivity index (χ3n) is 4.48. The van der Waals surface area contributed by atoms with Gasteiger partial charge in [-0.25, -0.2) is 0 Å². The predicted octanol–water partition coefficient (Wildman–Crippen LogP) is 0.714. The third-order valence-corrected chi connectivity index (χ3v) is 4.48. The standard InChI is InChI=1S/C13H25N3O/c1-13(14)7-4-3-5-11(13)12(17)16(2)10-6-8-15-9-10/h10-11,15H,3-9,14H2,1-2H3. The number of rotatable bonds is 2. The van der Waals surface area contributed by atoms with E-state index in [4.69, 9.17) is 5.73 Å². The van der Waals surface area contributed by atoms with E-state index >= 15 is 0 Å². The second-order valence-corrected chi connectivity index (χ2v) is 5.90. The van der Waals surface area contributed by atoms with E-state index in [1.807, 2.05) is 18.9 Å². The Hall–Kier alpha value is -0.610. The van der Waals surface area contributed by atoms with Crippen LogP contribution in [-0.4, -0.2) is 42.5 Å². The lowest BCUT2D eigenvalue weighted by atomic mass is 9.74. The monoisotopic (exact) mass is 239 g/mol. The minimum Gasteiger partial charge on any atom is -0.341 e. The van der Waals surface area contributed by atoms with Crippen LogP contribution in [0.25, 0.3) is 0 Å². The largest absolute Gasteiger partial charge is 0.341 e. The number of nitrogens with one attached hydrogen (secondary N) is 1. The van der Waals surface area contributed by atoms with E-state index in [9.17, 15) is 4.79 Å². The Morgan fingerprint density at radius 1 is 1.41 bits per heavy atom. The van der Waals surface area contributed by atoms with Crippen molar-refractivity contribution < 1.29 is 4.79 Å². The maximum Gasteiger partial charge on any atom is 0.227 e. The number of hydrogen-bond donors (Lipinski definition) is 2. The third kappa shape index (κ3) is 2.63. The molecule has 0 spiro atoms. The minimum absolute atomic E-state index is 0.0156. The summed E-state index contributed by atoms with van der Waals surface area (Å²) in [6.07, 6.45) is 5.29. The first-order valence-electron chi connectivity index (χ1n) is 6.78. The lowest BCUT2D eigenvalue weighted by molar-refractivity contribution is -0.139. The predicted molar refractivity (Wildman–Crippen MR) is 68.6 cm³/mol. The van der Waals surface area contributed by atoms with Crippen LogP contribution < -0.4 is 11.1 Å². The molecular weight excluding hydrogens is 214 g/mol. The molecule has 1 saturated heterocycles. The summed E-state index contributed by atoms with van der Waals surface area (Å²) in [5.41, 5.74) is 5.99. The maximum absolute atomic E-state index is 12.5. The summed E-state index contributed by atoms with van der Waals surface area (Å²) in [6, 6.07) is 0.361. The Morgan fingerprint density at radius 2 is 2.18 bits per heavy atom. The van der Waals surface area contributed by atoms with Crippen LogP contribution in [0.5, 0.6) is 0 Å². The van der Waals surface area contributed by atoms with Crippen LogP contribution in [0.1, 0.15) is 39.0 Å². The van der Waals surface area contributed by atoms with E-state index in [0.29, 0.717) is 6.04 Å². The maximum atomic E-state index is 12.5. The molecule has 98 valence electrons. The molecular formula is C13H25N3O. The first-order valence-corrected chi connectivity index (χ1v) is 6.78. The van der Waals surface area contributed by atoms with Crippen LogP contribution in [0.2, 0.25) is 0 Å². The highest BCUT2D eigenvalue weighted by Crippen LogP contribution is 2.33. The zero-order chi connectivity index (χ0) is 12.5. The van der Waals surface area contributed by atoms with Crippen molar-refractivity contribution in [2.24, 2.45) is 11.7 Å². The summed E-state index contributed by atoms with van der Waals surface area (Å²) < 4.78 is 0. The average Bonchev–Trinajstić information content (AvgIpc) is 2.80. The Bertz CT molecular complexity index is 284. The summed E-state index contributed by atoms with van der Waals surface area (Å²) >= 11 is 0. The highest BCUT2D eigenvalue weighted by atomic mass is 16.2. The Kier molecular flexibility index (Phi) is 3.73. The zero-order valence-corrected chi connectivity index (χ0v) is 11.0. The molecule has 0 radical (unpaired) electrons. The van der Waals surface area contributed by atoms with Gasteiger partial charge < -0.3 is 16.0 Å². The molecule has 0 aromatic carbocycles. The fraction of sp³-hybridized carbons (Fsp3) is 0.923. The van der Waals surface area contributed by atoms with Crippen molar-refractivity contribution in [3.63, 3.8) is 0 Å². The van der Waals surface area contributed by atoms with Gasteiger partial charge in [-0.05, 0) is 32.7 Å². The van der Waals surface area contributed by atoms with Crippen LogP contribution in [0.15, 0.2) is 0 Å². The van der Waals surface area contributed by atoms with Gasteiger partial charge in [-0.2, -0.15) is 0 Å². The SMILES string of the molecule is CN(C(=O)C1CCCCC1(C)N)C1CCNC1. The molecule has 0 aromatic heterocycles. The molecule has 17 heavy (non-hydrogen) atoms. The summed E-state index contributed by atoms with van der Waals surface area (Å²) in [6.45, 7) is 3.98. The fourth-order valence-electron chi connectivity index (χ4n) is 3.16. The van der Waals surface area contributed by atoms with Gasteiger partial charge >= 0.3 is 0 Å². The molecule has 3 N–H and O–H groups in total. The summed E-state index contributed by atoms with van der Waals surface area (Å²) in [5, 5.41) is 3.31. The van der Waals surface area contributed by atoms with Gasteiger partial charge in [0.1, 0.15) is 0 Å². The number of likely N-dealkylation sites (N-methyl/N-ethyl adjacent to an activating group) is 1. The summed E-state index contributed by atoms with van der Waals surface area (Å²) in [5.74, 6) is 0.269. The second kappa shape index (κ2) is 4.94. The van der Waals surface area contributed by atoms with Gasteiger partial charge in [-0.1, -0.05) is 12.8 Å². The zero-order valence-electron chi connectivity index (χ0n) is 11.0. The lowest BCUT2D eigenvalue weighted by Gasteiger charge is -2.40.